The van der Waals surface area contributed by atoms with Crippen LogP contribution in [0.15, 0.2) is 0 Å². The van der Waals surface area contributed by atoms with E-state index in [1.165, 1.54) is 6.42 Å². The van der Waals surface area contributed by atoms with Gasteiger partial charge in [-0.25, -0.2) is 0 Å². The monoisotopic (exact) mass is 239 g/mol. The molecule has 2 saturated heterocycles. The highest BCUT2D eigenvalue weighted by molar-refractivity contribution is 8.00. The molecule has 0 aliphatic carbocycles. The molecule has 2 heterocycles. The standard InChI is InChI=1S/C11H17N3OS/c12-3-4-13-5-7-14(8-6-13)11(15)10-2-1-9-16-10/h10H,1-2,4-9H2. The van der Waals surface area contributed by atoms with E-state index < -0.39 is 0 Å². The maximum atomic E-state index is 12.1. The zero-order valence-corrected chi connectivity index (χ0v) is 10.2. The van der Waals surface area contributed by atoms with Crippen LogP contribution in [0.25, 0.3) is 0 Å². The molecule has 2 aliphatic rings. The first-order valence-electron chi connectivity index (χ1n) is 5.81. The number of nitriles is 1. The summed E-state index contributed by atoms with van der Waals surface area (Å²) in [4.78, 5) is 16.2. The molecule has 1 unspecified atom stereocenters. The summed E-state index contributed by atoms with van der Waals surface area (Å²) in [5.74, 6) is 1.45. The quantitative estimate of drug-likeness (QED) is 0.660. The third-order valence-corrected chi connectivity index (χ3v) is 4.55. The number of carbonyl (C=O) groups is 1. The topological polar surface area (TPSA) is 47.3 Å². The van der Waals surface area contributed by atoms with Gasteiger partial charge in [-0.2, -0.15) is 5.26 Å². The summed E-state index contributed by atoms with van der Waals surface area (Å²) < 4.78 is 0. The van der Waals surface area contributed by atoms with Crippen LogP contribution in [0.3, 0.4) is 0 Å². The fourth-order valence-corrected chi connectivity index (χ4v) is 3.45. The van der Waals surface area contributed by atoms with Crippen molar-refractivity contribution in [3.05, 3.63) is 0 Å². The first kappa shape index (κ1) is 11.7. The molecule has 0 aromatic heterocycles. The molecule has 16 heavy (non-hydrogen) atoms. The van der Waals surface area contributed by atoms with E-state index in [0.717, 1.165) is 38.4 Å². The van der Waals surface area contributed by atoms with Gasteiger partial charge in [-0.05, 0) is 18.6 Å². The summed E-state index contributed by atoms with van der Waals surface area (Å²) in [5.41, 5.74) is 0. The second-order valence-corrected chi connectivity index (χ2v) is 5.57. The zero-order chi connectivity index (χ0) is 11.4. The number of piperazine rings is 1. The Bertz CT molecular complexity index is 288. The molecule has 0 bridgehead atoms. The molecule has 2 aliphatic heterocycles. The van der Waals surface area contributed by atoms with Crippen molar-refractivity contribution in [2.24, 2.45) is 0 Å². The van der Waals surface area contributed by atoms with Crippen molar-refractivity contribution in [1.29, 1.82) is 5.26 Å². The summed E-state index contributed by atoms with van der Waals surface area (Å²) in [6.07, 6.45) is 2.22. The van der Waals surface area contributed by atoms with E-state index in [0.29, 0.717) is 12.5 Å². The van der Waals surface area contributed by atoms with Crippen LogP contribution >= 0.6 is 11.8 Å². The minimum atomic E-state index is 0.211. The fourth-order valence-electron chi connectivity index (χ4n) is 2.20. The van der Waals surface area contributed by atoms with Crippen molar-refractivity contribution in [3.8, 4) is 6.07 Å². The smallest absolute Gasteiger partial charge is 0.235 e. The highest BCUT2D eigenvalue weighted by Crippen LogP contribution is 2.27. The molecule has 0 saturated carbocycles. The van der Waals surface area contributed by atoms with Crippen LogP contribution in [0.4, 0.5) is 0 Å². The lowest BCUT2D eigenvalue weighted by Gasteiger charge is -2.34. The van der Waals surface area contributed by atoms with E-state index >= 15 is 0 Å². The third-order valence-electron chi connectivity index (χ3n) is 3.18. The molecule has 2 rings (SSSR count). The van der Waals surface area contributed by atoms with Gasteiger partial charge in [0, 0.05) is 26.2 Å². The predicted molar refractivity (Wildman–Crippen MR) is 64.1 cm³/mol. The Morgan fingerprint density at radius 3 is 2.69 bits per heavy atom. The Hall–Kier alpha value is -0.730. The van der Waals surface area contributed by atoms with Crippen LogP contribution in [-0.2, 0) is 4.79 Å². The zero-order valence-electron chi connectivity index (χ0n) is 9.39. The van der Waals surface area contributed by atoms with Crippen LogP contribution in [-0.4, -0.2) is 59.4 Å². The summed E-state index contributed by atoms with van der Waals surface area (Å²) in [6, 6.07) is 2.15. The fraction of sp³-hybridized carbons (Fsp3) is 0.818. The van der Waals surface area contributed by atoms with Gasteiger partial charge in [0.2, 0.25) is 5.91 Å². The molecular weight excluding hydrogens is 222 g/mol. The van der Waals surface area contributed by atoms with E-state index in [1.807, 2.05) is 4.90 Å². The number of thioether (sulfide) groups is 1. The Morgan fingerprint density at radius 1 is 1.38 bits per heavy atom. The Labute approximate surface area is 101 Å². The minimum absolute atomic E-state index is 0.211. The number of hydrogen-bond donors (Lipinski definition) is 0. The van der Waals surface area contributed by atoms with Crippen molar-refractivity contribution in [2.75, 3.05) is 38.5 Å². The maximum absolute atomic E-state index is 12.1. The molecule has 0 spiro atoms. The Kier molecular flexibility index (Phi) is 4.08. The highest BCUT2D eigenvalue weighted by atomic mass is 32.2. The number of nitrogens with zero attached hydrogens (tertiary/aromatic N) is 3. The van der Waals surface area contributed by atoms with Gasteiger partial charge in [0.05, 0.1) is 17.9 Å². The van der Waals surface area contributed by atoms with Crippen LogP contribution in [0.2, 0.25) is 0 Å². The second kappa shape index (κ2) is 5.55. The predicted octanol–water partition coefficient (Wildman–Crippen LogP) is 0.550. The van der Waals surface area contributed by atoms with Crippen molar-refractivity contribution < 1.29 is 4.79 Å². The van der Waals surface area contributed by atoms with Gasteiger partial charge in [0.1, 0.15) is 0 Å². The van der Waals surface area contributed by atoms with Crippen LogP contribution in [0.1, 0.15) is 12.8 Å². The van der Waals surface area contributed by atoms with Crippen molar-refractivity contribution in [1.82, 2.24) is 9.80 Å². The molecule has 1 atom stereocenters. The molecule has 4 nitrogen and oxygen atoms in total. The average molecular weight is 239 g/mol. The Balaban J connectivity index is 1.80. The molecule has 0 aromatic carbocycles. The molecule has 1 amide bonds. The van der Waals surface area contributed by atoms with Gasteiger partial charge in [-0.3, -0.25) is 9.69 Å². The average Bonchev–Trinajstić information content (AvgIpc) is 2.83. The lowest BCUT2D eigenvalue weighted by Crippen LogP contribution is -2.50. The molecule has 2 fully saturated rings. The molecule has 0 aromatic rings. The molecule has 5 heteroatoms. The van der Waals surface area contributed by atoms with Gasteiger partial charge >= 0.3 is 0 Å². The van der Waals surface area contributed by atoms with Crippen molar-refractivity contribution in [2.45, 2.75) is 18.1 Å². The van der Waals surface area contributed by atoms with Crippen LogP contribution in [0, 0.1) is 11.3 Å². The summed E-state index contributed by atoms with van der Waals surface area (Å²) in [5, 5.41) is 8.80. The molecule has 0 N–H and O–H groups in total. The van der Waals surface area contributed by atoms with Gasteiger partial charge in [0.15, 0.2) is 0 Å². The summed E-state index contributed by atoms with van der Waals surface area (Å²) >= 11 is 1.80. The lowest BCUT2D eigenvalue weighted by molar-refractivity contribution is -0.132. The largest absolute Gasteiger partial charge is 0.339 e. The molecule has 0 radical (unpaired) electrons. The van der Waals surface area contributed by atoms with Gasteiger partial charge in [-0.1, -0.05) is 0 Å². The lowest BCUT2D eigenvalue weighted by atomic mass is 10.2. The second-order valence-electron chi connectivity index (χ2n) is 4.26. The number of rotatable bonds is 2. The molecule has 88 valence electrons. The van der Waals surface area contributed by atoms with Gasteiger partial charge < -0.3 is 4.90 Å². The minimum Gasteiger partial charge on any atom is -0.339 e. The maximum Gasteiger partial charge on any atom is 0.235 e. The first-order chi connectivity index (χ1) is 7.81. The van der Waals surface area contributed by atoms with Gasteiger partial charge in [-0.15, -0.1) is 11.8 Å². The van der Waals surface area contributed by atoms with Crippen molar-refractivity contribution >= 4 is 17.7 Å². The van der Waals surface area contributed by atoms with E-state index in [2.05, 4.69) is 11.0 Å². The van der Waals surface area contributed by atoms with Crippen LogP contribution in [0.5, 0.6) is 0 Å². The summed E-state index contributed by atoms with van der Waals surface area (Å²) in [7, 11) is 0. The van der Waals surface area contributed by atoms with Crippen LogP contribution < -0.4 is 0 Å². The number of carbonyl (C=O) groups excluding carboxylic acids is 1. The van der Waals surface area contributed by atoms with E-state index in [-0.39, 0.29) is 5.25 Å². The summed E-state index contributed by atoms with van der Waals surface area (Å²) in [6.45, 7) is 3.75. The number of amides is 1. The Morgan fingerprint density at radius 2 is 2.12 bits per heavy atom. The molecular formula is C11H17N3OS. The van der Waals surface area contributed by atoms with Crippen molar-refractivity contribution in [3.63, 3.8) is 0 Å². The van der Waals surface area contributed by atoms with E-state index in [1.54, 1.807) is 11.8 Å². The SMILES string of the molecule is N#CCN1CCN(C(=O)C2CCCS2)CC1. The van der Waals surface area contributed by atoms with Gasteiger partial charge in [0.25, 0.3) is 0 Å². The first-order valence-corrected chi connectivity index (χ1v) is 6.86. The number of hydrogen-bond acceptors (Lipinski definition) is 4. The third kappa shape index (κ3) is 2.69. The highest BCUT2D eigenvalue weighted by Gasteiger charge is 2.29. The normalized spacial score (nSPS) is 26.7. The van der Waals surface area contributed by atoms with E-state index in [9.17, 15) is 4.79 Å². The van der Waals surface area contributed by atoms with E-state index in [4.69, 9.17) is 5.26 Å².